The molecule has 0 unspecified atom stereocenters. The van der Waals surface area contributed by atoms with Gasteiger partial charge in [-0.25, -0.2) is 13.8 Å². The Morgan fingerprint density at radius 1 is 1.03 bits per heavy atom. The van der Waals surface area contributed by atoms with E-state index in [2.05, 4.69) is 0 Å². The summed E-state index contributed by atoms with van der Waals surface area (Å²) in [4.78, 5) is 12.0. The molecule has 1 aliphatic heterocycles. The first-order valence-corrected chi connectivity index (χ1v) is 10.5. The Morgan fingerprint density at radius 2 is 1.80 bits per heavy atom. The van der Waals surface area contributed by atoms with Crippen molar-refractivity contribution in [3.63, 3.8) is 0 Å². The van der Waals surface area contributed by atoms with E-state index in [4.69, 9.17) is 4.74 Å². The molecule has 0 aromatic heterocycles. The molecule has 3 aromatic rings. The Bertz CT molecular complexity index is 1300. The number of aliphatic hydroxyl groups is 1. The molecule has 9 heteroatoms. The minimum atomic E-state index is -4.03. The minimum absolute atomic E-state index is 0.00326. The Hall–Kier alpha value is -3.72. The van der Waals surface area contributed by atoms with E-state index in [9.17, 15) is 23.4 Å². The number of phenols is 1. The van der Waals surface area contributed by atoms with Crippen LogP contribution in [0.1, 0.15) is 17.3 Å². The fraction of sp³-hybridized carbons (Fsp3) is 0.0952. The van der Waals surface area contributed by atoms with Crippen molar-refractivity contribution in [3.8, 4) is 16.9 Å². The lowest BCUT2D eigenvalue weighted by Crippen LogP contribution is -2.29. The lowest BCUT2D eigenvalue weighted by atomic mass is 9.99. The summed E-state index contributed by atoms with van der Waals surface area (Å²) in [7, 11) is -4.03. The van der Waals surface area contributed by atoms with Crippen LogP contribution in [0.2, 0.25) is 0 Å². The molecular weight excluding hydrogens is 408 g/mol. The number of phenolic OH excluding ortho intramolecular Hbond substituents is 1. The van der Waals surface area contributed by atoms with Gasteiger partial charge in [-0.1, -0.05) is 24.3 Å². The van der Waals surface area contributed by atoms with Crippen LogP contribution in [0, 0.1) is 0 Å². The number of aliphatic hydroxyl groups excluding tert-OH is 1. The number of nitrogens with one attached hydrogen (secondary N) is 1. The summed E-state index contributed by atoms with van der Waals surface area (Å²) in [6.07, 6.45) is 0.975. The molecule has 4 rings (SSSR count). The van der Waals surface area contributed by atoms with Gasteiger partial charge < -0.3 is 14.9 Å². The number of hydrogen-bond acceptors (Lipinski definition) is 6. The summed E-state index contributed by atoms with van der Waals surface area (Å²) in [5, 5.41) is 21.2. The molecule has 30 heavy (non-hydrogen) atoms. The zero-order chi connectivity index (χ0) is 21.5. The second-order valence-corrected chi connectivity index (χ2v) is 8.17. The zero-order valence-electron chi connectivity index (χ0n) is 15.9. The normalized spacial score (nSPS) is 15.0. The number of benzene rings is 3. The highest BCUT2D eigenvalue weighted by atomic mass is 32.2. The highest BCUT2D eigenvalue weighted by Gasteiger charge is 2.30. The van der Waals surface area contributed by atoms with E-state index >= 15 is 0 Å². The molecule has 0 aliphatic carbocycles. The molecule has 0 fully saturated rings. The monoisotopic (exact) mass is 426 g/mol. The number of nitrogens with zero attached hydrogens (tertiary/aromatic N) is 1. The summed E-state index contributed by atoms with van der Waals surface area (Å²) in [5.41, 5.74) is 2.00. The van der Waals surface area contributed by atoms with Crippen LogP contribution in [0.3, 0.4) is 0 Å². The maximum absolute atomic E-state index is 12.2. The smallest absolute Gasteiger partial charge is 0.338 e. The Labute approximate surface area is 172 Å². The van der Waals surface area contributed by atoms with Gasteiger partial charge in [0, 0.05) is 0 Å². The predicted molar refractivity (Wildman–Crippen MR) is 112 cm³/mol. The van der Waals surface area contributed by atoms with Crippen molar-refractivity contribution in [3.05, 3.63) is 72.2 Å². The molecule has 0 atom stereocenters. The summed E-state index contributed by atoms with van der Waals surface area (Å²) in [6.45, 7) is 2.02. The van der Waals surface area contributed by atoms with E-state index in [1.807, 2.05) is 22.9 Å². The molecule has 0 radical (unpaired) electrons. The lowest BCUT2D eigenvalue weighted by molar-refractivity contribution is 0.0526. The van der Waals surface area contributed by atoms with Gasteiger partial charge in [0.2, 0.25) is 5.88 Å². The minimum Gasteiger partial charge on any atom is -0.506 e. The van der Waals surface area contributed by atoms with Gasteiger partial charge >= 0.3 is 16.2 Å². The number of ether oxygens (including phenoxy) is 1. The van der Waals surface area contributed by atoms with E-state index in [0.29, 0.717) is 16.3 Å². The number of hydrogen-bond donors (Lipinski definition) is 3. The van der Waals surface area contributed by atoms with Gasteiger partial charge in [0.25, 0.3) is 0 Å². The average Bonchev–Trinajstić information content (AvgIpc) is 2.99. The second kappa shape index (κ2) is 7.27. The van der Waals surface area contributed by atoms with E-state index in [0.717, 1.165) is 21.6 Å². The quantitative estimate of drug-likeness (QED) is 0.551. The number of carbonyl (C=O) groups is 1. The largest absolute Gasteiger partial charge is 0.506 e. The van der Waals surface area contributed by atoms with Gasteiger partial charge in [0.1, 0.15) is 11.4 Å². The van der Waals surface area contributed by atoms with Crippen LogP contribution >= 0.6 is 0 Å². The lowest BCUT2D eigenvalue weighted by Gasteiger charge is -2.16. The summed E-state index contributed by atoms with van der Waals surface area (Å²) in [5.74, 6) is -1.21. The van der Waals surface area contributed by atoms with Gasteiger partial charge in [0.15, 0.2) is 0 Å². The second-order valence-electron chi connectivity index (χ2n) is 6.62. The molecule has 1 aliphatic rings. The number of fused-ring (bicyclic) bond motifs is 1. The number of carbonyl (C=O) groups excluding carboxylic acids is 1. The molecule has 0 saturated heterocycles. The first kappa shape index (κ1) is 19.6. The summed E-state index contributed by atoms with van der Waals surface area (Å²) in [6, 6.07) is 15.4. The van der Waals surface area contributed by atoms with Crippen molar-refractivity contribution in [2.45, 2.75) is 6.92 Å². The number of anilines is 1. The Balaban J connectivity index is 1.79. The van der Waals surface area contributed by atoms with Crippen molar-refractivity contribution in [2.24, 2.45) is 0 Å². The third-order valence-electron chi connectivity index (χ3n) is 4.61. The Kier molecular flexibility index (Phi) is 4.75. The van der Waals surface area contributed by atoms with Crippen LogP contribution in [-0.2, 0) is 14.9 Å². The van der Waals surface area contributed by atoms with Crippen LogP contribution in [0.25, 0.3) is 21.9 Å². The molecule has 3 N–H and O–H groups in total. The van der Waals surface area contributed by atoms with Gasteiger partial charge in [-0.3, -0.25) is 0 Å². The molecule has 0 amide bonds. The van der Waals surface area contributed by atoms with Crippen LogP contribution in [0.15, 0.2) is 66.7 Å². The molecular formula is C21H18N2O6S. The zero-order valence-corrected chi connectivity index (χ0v) is 16.7. The SMILES string of the molecule is CCOC(=O)c1cccc(-c2ccc3cc(O)c(N4C=C(O)NS4(=O)=O)cc3c2)c1. The third-order valence-corrected chi connectivity index (χ3v) is 5.90. The fourth-order valence-corrected chi connectivity index (χ4v) is 4.32. The third kappa shape index (κ3) is 3.50. The van der Waals surface area contributed by atoms with Crippen molar-refractivity contribution in [1.82, 2.24) is 4.72 Å². The number of rotatable bonds is 4. The van der Waals surface area contributed by atoms with E-state index in [1.54, 1.807) is 31.2 Å². The molecule has 3 aromatic carbocycles. The molecule has 1 heterocycles. The number of aromatic hydroxyl groups is 1. The maximum atomic E-state index is 12.2. The first-order valence-electron chi connectivity index (χ1n) is 9.06. The van der Waals surface area contributed by atoms with E-state index < -0.39 is 22.1 Å². The summed E-state index contributed by atoms with van der Waals surface area (Å²) < 4.78 is 32.1. The van der Waals surface area contributed by atoms with E-state index in [-0.39, 0.29) is 18.0 Å². The number of esters is 1. The van der Waals surface area contributed by atoms with Gasteiger partial charge in [-0.15, -0.1) is 0 Å². The highest BCUT2D eigenvalue weighted by molar-refractivity contribution is 7.91. The first-order chi connectivity index (χ1) is 14.3. The van der Waals surface area contributed by atoms with Crippen molar-refractivity contribution in [2.75, 3.05) is 10.9 Å². The van der Waals surface area contributed by atoms with E-state index in [1.165, 1.54) is 12.1 Å². The van der Waals surface area contributed by atoms with Gasteiger partial charge in [-0.2, -0.15) is 8.42 Å². The molecule has 8 nitrogen and oxygen atoms in total. The molecule has 0 spiro atoms. The molecule has 154 valence electrons. The van der Waals surface area contributed by atoms with Crippen LogP contribution < -0.4 is 9.03 Å². The predicted octanol–water partition coefficient (Wildman–Crippen LogP) is 3.40. The highest BCUT2D eigenvalue weighted by Crippen LogP contribution is 2.37. The van der Waals surface area contributed by atoms with Crippen molar-refractivity contribution in [1.29, 1.82) is 0 Å². The Morgan fingerprint density at radius 3 is 2.50 bits per heavy atom. The van der Waals surface area contributed by atoms with Gasteiger partial charge in [-0.05, 0) is 59.2 Å². The fourth-order valence-electron chi connectivity index (χ4n) is 3.26. The van der Waals surface area contributed by atoms with Crippen LogP contribution in [0.5, 0.6) is 5.75 Å². The maximum Gasteiger partial charge on any atom is 0.338 e. The molecule has 0 bridgehead atoms. The molecule has 0 saturated carbocycles. The van der Waals surface area contributed by atoms with Gasteiger partial charge in [0.05, 0.1) is 18.4 Å². The van der Waals surface area contributed by atoms with Crippen molar-refractivity contribution < 1.29 is 28.2 Å². The van der Waals surface area contributed by atoms with Crippen LogP contribution in [-0.4, -0.2) is 31.2 Å². The topological polar surface area (TPSA) is 116 Å². The standard InChI is InChI=1S/C21H18N2O6S/c1-2-29-21(26)16-5-3-4-13(8-16)14-6-7-15-11-19(24)18(10-17(15)9-14)23-12-20(25)22-30(23,27)28/h3-12,22,24-25H,2H2,1H3. The van der Waals surface area contributed by atoms with Crippen molar-refractivity contribution >= 4 is 32.6 Å². The summed E-state index contributed by atoms with van der Waals surface area (Å²) >= 11 is 0. The van der Waals surface area contributed by atoms with Crippen LogP contribution in [0.4, 0.5) is 5.69 Å². The average molecular weight is 426 g/mol.